The molecule has 1 saturated heterocycles. The Bertz CT molecular complexity index is 1240. The summed E-state index contributed by atoms with van der Waals surface area (Å²) in [6, 6.07) is 3.75. The minimum atomic E-state index is -4.47. The van der Waals surface area contributed by atoms with Crippen LogP contribution in [0.3, 0.4) is 0 Å². The Morgan fingerprint density at radius 3 is 2.81 bits per heavy atom. The summed E-state index contributed by atoms with van der Waals surface area (Å²) in [7, 11) is -3.90. The number of nitrogens with one attached hydrogen (secondary N) is 2. The van der Waals surface area contributed by atoms with Crippen molar-refractivity contribution in [3.05, 3.63) is 53.6 Å². The van der Waals surface area contributed by atoms with Crippen molar-refractivity contribution in [2.45, 2.75) is 50.6 Å². The Balaban J connectivity index is 1.41. The summed E-state index contributed by atoms with van der Waals surface area (Å²) in [6.07, 6.45) is 4.97. The molecule has 1 aromatic rings. The van der Waals surface area contributed by atoms with Crippen molar-refractivity contribution in [1.29, 1.82) is 0 Å². The molecule has 36 heavy (non-hydrogen) atoms. The number of halogens is 3. The third-order valence-electron chi connectivity index (χ3n) is 6.86. The van der Waals surface area contributed by atoms with Crippen LogP contribution in [0.4, 0.5) is 18.9 Å². The quantitative estimate of drug-likeness (QED) is 0.616. The van der Waals surface area contributed by atoms with Crippen molar-refractivity contribution in [3.63, 3.8) is 0 Å². The van der Waals surface area contributed by atoms with E-state index in [1.165, 1.54) is 12.1 Å². The highest BCUT2D eigenvalue weighted by Gasteiger charge is 2.45. The van der Waals surface area contributed by atoms with Crippen molar-refractivity contribution in [2.75, 3.05) is 18.5 Å². The van der Waals surface area contributed by atoms with Gasteiger partial charge in [-0.2, -0.15) is 21.6 Å². The van der Waals surface area contributed by atoms with E-state index in [-0.39, 0.29) is 42.8 Å². The van der Waals surface area contributed by atoms with Crippen LogP contribution in [-0.2, 0) is 25.9 Å². The topological polar surface area (TPSA) is 101 Å². The molecule has 0 saturated carbocycles. The fourth-order valence-electron chi connectivity index (χ4n) is 5.26. The van der Waals surface area contributed by atoms with Gasteiger partial charge in [-0.15, -0.1) is 4.40 Å². The summed E-state index contributed by atoms with van der Waals surface area (Å²) >= 11 is 0. The molecule has 2 N–H and O–H groups in total. The Morgan fingerprint density at radius 2 is 2.08 bits per heavy atom. The first-order chi connectivity index (χ1) is 17.1. The molecule has 0 bridgehead atoms. The van der Waals surface area contributed by atoms with E-state index in [0.29, 0.717) is 17.7 Å². The van der Waals surface area contributed by atoms with E-state index >= 15 is 0 Å². The molecule has 1 aromatic carbocycles. The van der Waals surface area contributed by atoms with E-state index in [1.54, 1.807) is 6.92 Å². The first-order valence-corrected chi connectivity index (χ1v) is 13.4. The highest BCUT2D eigenvalue weighted by molar-refractivity contribution is 7.89. The largest absolute Gasteiger partial charge is 0.475 e. The molecule has 3 aliphatic heterocycles. The molecule has 4 aliphatic rings. The number of nitrogens with zero attached hydrogens (tertiary/aromatic N) is 2. The van der Waals surface area contributed by atoms with Gasteiger partial charge in [0.25, 0.3) is 5.90 Å². The van der Waals surface area contributed by atoms with Gasteiger partial charge >= 0.3 is 16.4 Å². The minimum absolute atomic E-state index is 0.00430. The lowest BCUT2D eigenvalue weighted by Crippen LogP contribution is -2.47. The van der Waals surface area contributed by atoms with Crippen molar-refractivity contribution in [3.8, 4) is 0 Å². The number of fused-ring (bicyclic) bond motifs is 3. The number of hydrogen-bond acceptors (Lipinski definition) is 6. The summed E-state index contributed by atoms with van der Waals surface area (Å²) in [5.74, 6) is 0.0582. The molecular formula is C24H27F3N4O4S. The zero-order valence-corrected chi connectivity index (χ0v) is 20.3. The van der Waals surface area contributed by atoms with Gasteiger partial charge < -0.3 is 14.8 Å². The number of alkyl halides is 3. The van der Waals surface area contributed by atoms with Crippen molar-refractivity contribution >= 4 is 27.6 Å². The Hall–Kier alpha value is -2.86. The van der Waals surface area contributed by atoms with Crippen molar-refractivity contribution < 1.29 is 31.1 Å². The molecule has 0 radical (unpaired) electrons. The van der Waals surface area contributed by atoms with Gasteiger partial charge in [0.1, 0.15) is 0 Å². The number of hydrogen-bond donors (Lipinski definition) is 2. The SMILES string of the molecule is CCOC1=NS(=O)(=O)NC1=NC[C@H]1CC[C@@H]2[C@H](O1)c1cc(C(F)(F)F)ccc1N[C@H]2C1C=CC=CC1. The van der Waals surface area contributed by atoms with Gasteiger partial charge in [-0.25, -0.2) is 4.72 Å². The van der Waals surface area contributed by atoms with Gasteiger partial charge in [-0.05, 0) is 44.4 Å². The molecule has 3 heterocycles. The number of anilines is 1. The number of allylic oxidation sites excluding steroid dienone is 3. The maximum absolute atomic E-state index is 13.5. The van der Waals surface area contributed by atoms with Crippen LogP contribution in [0.15, 0.2) is 51.9 Å². The molecule has 5 atom stereocenters. The van der Waals surface area contributed by atoms with E-state index < -0.39 is 34.2 Å². The third-order valence-corrected chi connectivity index (χ3v) is 7.72. The fraction of sp³-hybridized carbons (Fsp3) is 0.500. The summed E-state index contributed by atoms with van der Waals surface area (Å²) in [5, 5.41) is 3.50. The lowest BCUT2D eigenvalue weighted by atomic mass is 9.73. The third kappa shape index (κ3) is 5.01. The number of amidine groups is 1. The van der Waals surface area contributed by atoms with Gasteiger partial charge in [0.2, 0.25) is 5.84 Å². The zero-order chi connectivity index (χ0) is 25.5. The average molecular weight is 525 g/mol. The molecule has 194 valence electrons. The van der Waals surface area contributed by atoms with Gasteiger partial charge in [0.15, 0.2) is 0 Å². The second kappa shape index (κ2) is 9.55. The van der Waals surface area contributed by atoms with E-state index in [2.05, 4.69) is 31.6 Å². The smallest absolute Gasteiger partial charge is 0.416 e. The van der Waals surface area contributed by atoms with Crippen molar-refractivity contribution in [2.24, 2.45) is 21.2 Å². The second-order valence-corrected chi connectivity index (χ2v) is 10.5. The monoisotopic (exact) mass is 524 g/mol. The molecule has 1 fully saturated rings. The molecule has 1 aliphatic carbocycles. The highest BCUT2D eigenvalue weighted by Crippen LogP contribution is 2.49. The maximum atomic E-state index is 13.5. The predicted octanol–water partition coefficient (Wildman–Crippen LogP) is 4.15. The van der Waals surface area contributed by atoms with Crippen LogP contribution in [0.2, 0.25) is 0 Å². The summed E-state index contributed by atoms with van der Waals surface area (Å²) < 4.78 is 81.5. The van der Waals surface area contributed by atoms with Crippen LogP contribution in [0.1, 0.15) is 43.4 Å². The van der Waals surface area contributed by atoms with Crippen LogP contribution >= 0.6 is 0 Å². The van der Waals surface area contributed by atoms with Crippen LogP contribution in [0, 0.1) is 11.8 Å². The minimum Gasteiger partial charge on any atom is -0.475 e. The van der Waals surface area contributed by atoms with Gasteiger partial charge in [0, 0.05) is 29.1 Å². The zero-order valence-electron chi connectivity index (χ0n) is 19.5. The van der Waals surface area contributed by atoms with Crippen LogP contribution in [0.5, 0.6) is 0 Å². The molecule has 12 heteroatoms. The highest BCUT2D eigenvalue weighted by atomic mass is 32.2. The number of rotatable bonds is 4. The molecule has 8 nitrogen and oxygen atoms in total. The lowest BCUT2D eigenvalue weighted by molar-refractivity contribution is -0.138. The number of benzene rings is 1. The number of ether oxygens (including phenoxy) is 2. The van der Waals surface area contributed by atoms with Crippen molar-refractivity contribution in [1.82, 2.24) is 4.72 Å². The number of aliphatic imine (C=N–C) groups is 1. The van der Waals surface area contributed by atoms with Crippen LogP contribution in [-0.4, -0.2) is 45.4 Å². The summed E-state index contributed by atoms with van der Waals surface area (Å²) in [4.78, 5) is 4.33. The Morgan fingerprint density at radius 1 is 1.25 bits per heavy atom. The van der Waals surface area contributed by atoms with E-state index in [9.17, 15) is 21.6 Å². The molecule has 0 spiro atoms. The second-order valence-electron chi connectivity index (χ2n) is 9.20. The molecular weight excluding hydrogens is 497 g/mol. The fourth-order valence-corrected chi connectivity index (χ4v) is 6.06. The Kier molecular flexibility index (Phi) is 6.58. The maximum Gasteiger partial charge on any atom is 0.416 e. The predicted molar refractivity (Wildman–Crippen MR) is 129 cm³/mol. The molecule has 1 unspecified atom stereocenters. The first kappa shape index (κ1) is 24.8. The molecule has 5 rings (SSSR count). The van der Waals surface area contributed by atoms with Gasteiger partial charge in [-0.1, -0.05) is 24.3 Å². The summed E-state index contributed by atoms with van der Waals surface area (Å²) in [6.45, 7) is 2.04. The standard InChI is InChI=1S/C24H27F3N4O4S/c1-2-34-23-22(30-36(32,33)31-23)28-13-16-9-10-17-20(14-6-4-3-5-7-14)29-19-11-8-15(24(25,26)27)12-18(19)21(17)35-16/h3-6,8,11-12,14,16-17,20-21,29H,2,7,9-10,13H2,1H3,(H,28,30)/t14?,16-,17+,20+,21+/m1/s1. The molecule has 0 aromatic heterocycles. The first-order valence-electron chi connectivity index (χ1n) is 11.9. The van der Waals surface area contributed by atoms with Crippen LogP contribution < -0.4 is 10.0 Å². The summed E-state index contributed by atoms with van der Waals surface area (Å²) in [5.41, 5.74) is 0.403. The normalized spacial score (nSPS) is 31.7. The lowest BCUT2D eigenvalue weighted by Gasteiger charge is -2.47. The Labute approximate surface area is 207 Å². The van der Waals surface area contributed by atoms with E-state index in [4.69, 9.17) is 9.47 Å². The average Bonchev–Trinajstić information content (AvgIpc) is 3.15. The van der Waals surface area contributed by atoms with Gasteiger partial charge in [0.05, 0.1) is 30.9 Å². The van der Waals surface area contributed by atoms with E-state index in [1.807, 2.05) is 12.2 Å². The van der Waals surface area contributed by atoms with E-state index in [0.717, 1.165) is 18.9 Å². The van der Waals surface area contributed by atoms with Gasteiger partial charge in [-0.3, -0.25) is 4.99 Å². The van der Waals surface area contributed by atoms with Crippen LogP contribution in [0.25, 0.3) is 0 Å². The molecule has 0 amide bonds.